The number of benzene rings is 2. The number of rotatable bonds is 8. The summed E-state index contributed by atoms with van der Waals surface area (Å²) in [5.41, 5.74) is 2.67. The Morgan fingerprint density at radius 3 is 2.58 bits per heavy atom. The van der Waals surface area contributed by atoms with Crippen molar-refractivity contribution in [2.24, 2.45) is 0 Å². The molecule has 178 valence electrons. The van der Waals surface area contributed by atoms with Gasteiger partial charge in [0.05, 0.1) is 17.6 Å². The Labute approximate surface area is 189 Å². The van der Waals surface area contributed by atoms with Gasteiger partial charge in [0.15, 0.2) is 6.61 Å². The first-order valence-corrected chi connectivity index (χ1v) is 11.2. The Bertz CT molecular complexity index is 1140. The van der Waals surface area contributed by atoms with Gasteiger partial charge in [0, 0.05) is 37.0 Å². The molecule has 0 saturated carbocycles. The highest BCUT2D eigenvalue weighted by atomic mass is 32.2. The number of hydrogen-bond donors (Lipinski definition) is 2. The molecule has 0 spiro atoms. The van der Waals surface area contributed by atoms with Crippen molar-refractivity contribution in [3.05, 3.63) is 65.9 Å². The van der Waals surface area contributed by atoms with Gasteiger partial charge in [-0.15, -0.1) is 0 Å². The van der Waals surface area contributed by atoms with E-state index in [-0.39, 0.29) is 26.1 Å². The van der Waals surface area contributed by atoms with Crippen molar-refractivity contribution >= 4 is 21.6 Å². The van der Waals surface area contributed by atoms with E-state index in [4.69, 9.17) is 9.57 Å². The summed E-state index contributed by atoms with van der Waals surface area (Å²) in [4.78, 5) is 16.7. The Kier molecular flexibility index (Phi) is 7.61. The molecule has 1 aliphatic heterocycles. The molecule has 2 aromatic carbocycles. The number of alkyl halides is 3. The normalized spacial score (nSPS) is 15.0. The third kappa shape index (κ3) is 6.46. The Hall–Kier alpha value is -3.09. The van der Waals surface area contributed by atoms with Crippen LogP contribution < -0.4 is 15.5 Å². The summed E-state index contributed by atoms with van der Waals surface area (Å²) in [6, 6.07) is 10.4. The first kappa shape index (κ1) is 24.6. The molecule has 0 aromatic heterocycles. The van der Waals surface area contributed by atoms with E-state index in [0.717, 1.165) is 22.5 Å². The predicted molar refractivity (Wildman–Crippen MR) is 114 cm³/mol. The van der Waals surface area contributed by atoms with Crippen molar-refractivity contribution in [2.45, 2.75) is 17.5 Å². The van der Waals surface area contributed by atoms with Crippen LogP contribution in [0.3, 0.4) is 0 Å². The van der Waals surface area contributed by atoms with Gasteiger partial charge >= 0.3 is 6.18 Å². The maximum atomic E-state index is 12.9. The van der Waals surface area contributed by atoms with Gasteiger partial charge in [-0.1, -0.05) is 12.1 Å². The van der Waals surface area contributed by atoms with E-state index in [1.54, 1.807) is 24.3 Å². The minimum atomic E-state index is -4.64. The second-order valence-electron chi connectivity index (χ2n) is 7.04. The molecule has 1 aliphatic rings. The summed E-state index contributed by atoms with van der Waals surface area (Å²) < 4.78 is 70.3. The average molecular weight is 485 g/mol. The number of halogens is 3. The monoisotopic (exact) mass is 485 g/mol. The van der Waals surface area contributed by atoms with Crippen LogP contribution in [0.1, 0.15) is 12.0 Å². The highest BCUT2D eigenvalue weighted by molar-refractivity contribution is 7.89. The Balaban J connectivity index is 1.52. The maximum absolute atomic E-state index is 12.9. The largest absolute Gasteiger partial charge is 0.497 e. The third-order valence-electron chi connectivity index (χ3n) is 4.73. The van der Waals surface area contributed by atoms with E-state index in [0.29, 0.717) is 23.2 Å². The molecule has 8 nitrogen and oxygen atoms in total. The fraction of sp³-hybridized carbons (Fsp3) is 0.286. The van der Waals surface area contributed by atoms with Gasteiger partial charge in [-0.25, -0.2) is 8.42 Å². The average Bonchev–Trinajstić information content (AvgIpc) is 2.79. The Morgan fingerprint density at radius 1 is 1.15 bits per heavy atom. The van der Waals surface area contributed by atoms with Crippen LogP contribution in [0.25, 0.3) is 0 Å². The Morgan fingerprint density at radius 2 is 1.91 bits per heavy atom. The summed E-state index contributed by atoms with van der Waals surface area (Å²) >= 11 is 0. The number of sulfonamides is 1. The minimum absolute atomic E-state index is 0.0385. The smallest absolute Gasteiger partial charge is 0.416 e. The number of nitrogens with one attached hydrogen (secondary N) is 2. The molecule has 2 aromatic rings. The molecule has 0 atom stereocenters. The fourth-order valence-electron chi connectivity index (χ4n) is 3.04. The highest BCUT2D eigenvalue weighted by Crippen LogP contribution is 2.31. The molecular formula is C21H22F3N3O5S. The lowest BCUT2D eigenvalue weighted by molar-refractivity contribution is -0.137. The molecule has 12 heteroatoms. The van der Waals surface area contributed by atoms with Crippen LogP contribution in [0, 0.1) is 0 Å². The lowest BCUT2D eigenvalue weighted by Gasteiger charge is -2.26. The van der Waals surface area contributed by atoms with Gasteiger partial charge < -0.3 is 10.1 Å². The van der Waals surface area contributed by atoms with E-state index in [1.165, 1.54) is 13.2 Å². The standard InChI is InChI=1S/C21H22F3N3O5S/c1-31-18-6-3-5-17(13-18)25-20(28)14-32-26-16-8-10-27(11-9-16)33(29,30)19-7-2-4-15(12-19)21(22,23)24/h2-8,12-13,26H,9-11,14H2,1H3,(H,25,28). The minimum Gasteiger partial charge on any atom is -0.497 e. The number of ether oxygens (including phenoxy) is 1. The number of amides is 1. The summed E-state index contributed by atoms with van der Waals surface area (Å²) in [6.45, 7) is -0.322. The summed E-state index contributed by atoms with van der Waals surface area (Å²) in [7, 11) is -2.58. The van der Waals surface area contributed by atoms with Gasteiger partial charge in [-0.05, 0) is 36.4 Å². The van der Waals surface area contributed by atoms with Crippen LogP contribution >= 0.6 is 0 Å². The van der Waals surface area contributed by atoms with E-state index in [9.17, 15) is 26.4 Å². The van der Waals surface area contributed by atoms with Crippen LogP contribution in [0.5, 0.6) is 5.75 Å². The first-order valence-electron chi connectivity index (χ1n) is 9.78. The van der Waals surface area contributed by atoms with Gasteiger partial charge in [0.1, 0.15) is 5.75 Å². The molecule has 1 amide bonds. The molecule has 0 radical (unpaired) electrons. The number of carbonyl (C=O) groups is 1. The second-order valence-corrected chi connectivity index (χ2v) is 8.98. The summed E-state index contributed by atoms with van der Waals surface area (Å²) in [5, 5.41) is 2.64. The van der Waals surface area contributed by atoms with Crippen molar-refractivity contribution < 1.29 is 36.0 Å². The summed E-state index contributed by atoms with van der Waals surface area (Å²) in [6.07, 6.45) is -2.87. The predicted octanol–water partition coefficient (Wildman–Crippen LogP) is 3.15. The van der Waals surface area contributed by atoms with Crippen molar-refractivity contribution in [3.63, 3.8) is 0 Å². The summed E-state index contributed by atoms with van der Waals surface area (Å²) in [5.74, 6) is 0.171. The van der Waals surface area contributed by atoms with Crippen LogP contribution in [-0.4, -0.2) is 45.4 Å². The van der Waals surface area contributed by atoms with Gasteiger partial charge in [0.2, 0.25) is 10.0 Å². The number of nitrogens with zero attached hydrogens (tertiary/aromatic N) is 1. The van der Waals surface area contributed by atoms with Crippen LogP contribution in [0.15, 0.2) is 65.2 Å². The number of carbonyl (C=O) groups excluding carboxylic acids is 1. The number of hydroxylamine groups is 1. The molecule has 0 bridgehead atoms. The van der Waals surface area contributed by atoms with E-state index >= 15 is 0 Å². The molecule has 0 unspecified atom stereocenters. The van der Waals surface area contributed by atoms with Crippen molar-refractivity contribution in [2.75, 3.05) is 32.1 Å². The molecule has 0 aliphatic carbocycles. The molecule has 2 N–H and O–H groups in total. The van der Waals surface area contributed by atoms with Crippen LogP contribution in [-0.2, 0) is 25.8 Å². The molecule has 1 heterocycles. The lowest BCUT2D eigenvalue weighted by Crippen LogP contribution is -2.37. The molecule has 33 heavy (non-hydrogen) atoms. The maximum Gasteiger partial charge on any atom is 0.416 e. The van der Waals surface area contributed by atoms with Crippen molar-refractivity contribution in [3.8, 4) is 5.75 Å². The van der Waals surface area contributed by atoms with E-state index < -0.39 is 32.6 Å². The van der Waals surface area contributed by atoms with E-state index in [2.05, 4.69) is 10.8 Å². The second kappa shape index (κ2) is 10.2. The van der Waals surface area contributed by atoms with Crippen molar-refractivity contribution in [1.29, 1.82) is 0 Å². The molecule has 3 rings (SSSR count). The zero-order valence-electron chi connectivity index (χ0n) is 17.6. The molecular weight excluding hydrogens is 463 g/mol. The number of anilines is 1. The quantitative estimate of drug-likeness (QED) is 0.558. The lowest BCUT2D eigenvalue weighted by atomic mass is 10.2. The zero-order chi connectivity index (χ0) is 24.1. The fourth-order valence-corrected chi connectivity index (χ4v) is 4.46. The number of hydrogen-bond acceptors (Lipinski definition) is 6. The third-order valence-corrected chi connectivity index (χ3v) is 6.59. The number of methoxy groups -OCH3 is 1. The zero-order valence-corrected chi connectivity index (χ0v) is 18.4. The van der Waals surface area contributed by atoms with Crippen LogP contribution in [0.4, 0.5) is 18.9 Å². The van der Waals surface area contributed by atoms with Crippen molar-refractivity contribution in [1.82, 2.24) is 9.79 Å². The van der Waals surface area contributed by atoms with Crippen LogP contribution in [0.2, 0.25) is 0 Å². The van der Waals surface area contributed by atoms with Gasteiger partial charge in [0.25, 0.3) is 5.91 Å². The van der Waals surface area contributed by atoms with Gasteiger partial charge in [-0.2, -0.15) is 17.5 Å². The van der Waals surface area contributed by atoms with E-state index in [1.807, 2.05) is 0 Å². The molecule has 0 saturated heterocycles. The SMILES string of the molecule is COc1cccc(NC(=O)CONC2=CCN(S(=O)(=O)c3cccc(C(F)(F)F)c3)CC2)c1. The van der Waals surface area contributed by atoms with Gasteiger partial charge in [-0.3, -0.25) is 15.1 Å². The molecule has 0 fully saturated rings. The first-order chi connectivity index (χ1) is 15.6. The topological polar surface area (TPSA) is 97.0 Å². The highest BCUT2D eigenvalue weighted by Gasteiger charge is 2.33.